The number of nitrogens with zero attached hydrogens (tertiary/aromatic N) is 4. The number of nitrogens with one attached hydrogen (secondary N) is 1. The van der Waals surface area contributed by atoms with Crippen molar-refractivity contribution in [2.45, 2.75) is 13.5 Å². The smallest absolute Gasteiger partial charge is 0.270 e. The molecule has 0 aliphatic heterocycles. The van der Waals surface area contributed by atoms with Crippen LogP contribution in [-0.4, -0.2) is 26.1 Å². The number of amides is 1. The summed E-state index contributed by atoms with van der Waals surface area (Å²) in [7, 11) is 0. The second-order valence-electron chi connectivity index (χ2n) is 6.49. The molecule has 1 amide bonds. The second-order valence-corrected chi connectivity index (χ2v) is 6.49. The van der Waals surface area contributed by atoms with Crippen LogP contribution in [-0.2, 0) is 11.3 Å². The number of benzene rings is 2. The molecule has 4 aromatic rings. The Hall–Kier alpha value is -4.00. The Kier molecular flexibility index (Phi) is 5.29. The largest absolute Gasteiger partial charge is 0.465 e. The van der Waals surface area contributed by atoms with Crippen LogP contribution in [0.15, 0.2) is 77.4 Å². The molecule has 0 atom stereocenters. The van der Waals surface area contributed by atoms with Crippen LogP contribution in [0.4, 0.5) is 0 Å². The highest BCUT2D eigenvalue weighted by atomic mass is 16.3. The molecule has 0 fully saturated rings. The van der Waals surface area contributed by atoms with Crippen LogP contribution in [0.3, 0.4) is 0 Å². The van der Waals surface area contributed by atoms with E-state index in [-0.39, 0.29) is 11.6 Å². The minimum absolute atomic E-state index is 0.260. The predicted molar refractivity (Wildman–Crippen MR) is 109 cm³/mol. The molecular formula is C22H19N5O2. The predicted octanol–water partition coefficient (Wildman–Crippen LogP) is 3.56. The quantitative estimate of drug-likeness (QED) is 0.513. The molecule has 0 aliphatic rings. The van der Waals surface area contributed by atoms with Gasteiger partial charge < -0.3 is 9.73 Å². The van der Waals surface area contributed by atoms with Crippen molar-refractivity contribution in [3.63, 3.8) is 0 Å². The van der Waals surface area contributed by atoms with Gasteiger partial charge in [-0.2, -0.15) is 4.68 Å². The van der Waals surface area contributed by atoms with Crippen molar-refractivity contribution in [1.82, 2.24) is 25.5 Å². The molecule has 4 rings (SSSR count). The van der Waals surface area contributed by atoms with Gasteiger partial charge in [0.15, 0.2) is 5.82 Å². The average Bonchev–Trinajstić information content (AvgIpc) is 3.44. The van der Waals surface area contributed by atoms with Crippen molar-refractivity contribution in [1.29, 1.82) is 0 Å². The van der Waals surface area contributed by atoms with E-state index >= 15 is 0 Å². The summed E-state index contributed by atoms with van der Waals surface area (Å²) in [6.45, 7) is 2.41. The van der Waals surface area contributed by atoms with Crippen LogP contribution in [0, 0.1) is 6.92 Å². The third kappa shape index (κ3) is 4.30. The number of carbonyl (C=O) groups is 1. The van der Waals surface area contributed by atoms with Crippen LogP contribution < -0.4 is 5.32 Å². The van der Waals surface area contributed by atoms with Crippen molar-refractivity contribution in [2.75, 3.05) is 0 Å². The lowest BCUT2D eigenvalue weighted by Gasteiger charge is -2.10. The Morgan fingerprint density at radius 1 is 1.07 bits per heavy atom. The van der Waals surface area contributed by atoms with Gasteiger partial charge in [0.2, 0.25) is 0 Å². The molecule has 2 aromatic heterocycles. The van der Waals surface area contributed by atoms with E-state index in [1.54, 1.807) is 24.5 Å². The van der Waals surface area contributed by atoms with E-state index in [1.165, 1.54) is 10.2 Å². The molecule has 1 N–H and O–H groups in total. The van der Waals surface area contributed by atoms with Crippen molar-refractivity contribution < 1.29 is 9.21 Å². The number of carbonyl (C=O) groups excluding carboxylic acids is 1. The summed E-state index contributed by atoms with van der Waals surface area (Å²) < 4.78 is 6.81. The summed E-state index contributed by atoms with van der Waals surface area (Å²) in [4.78, 5) is 13.1. The molecule has 0 radical (unpaired) electrons. The fourth-order valence-corrected chi connectivity index (χ4v) is 2.83. The molecule has 0 saturated carbocycles. The van der Waals surface area contributed by atoms with E-state index in [2.05, 4.69) is 20.8 Å². The van der Waals surface area contributed by atoms with E-state index in [4.69, 9.17) is 4.42 Å². The zero-order valence-electron chi connectivity index (χ0n) is 15.8. The molecule has 29 heavy (non-hydrogen) atoms. The molecule has 2 aromatic carbocycles. The van der Waals surface area contributed by atoms with Gasteiger partial charge in [-0.25, -0.2) is 0 Å². The van der Waals surface area contributed by atoms with E-state index in [9.17, 15) is 4.79 Å². The monoisotopic (exact) mass is 385 g/mol. The second kappa shape index (κ2) is 8.35. The average molecular weight is 385 g/mol. The number of tetrazole rings is 1. The fraction of sp³-hybridized carbons (Fsp3) is 0.0909. The number of furan rings is 1. The minimum atomic E-state index is -0.313. The molecule has 144 valence electrons. The molecular weight excluding hydrogens is 366 g/mol. The molecule has 0 unspecified atom stereocenters. The molecule has 7 heteroatoms. The standard InChI is InChI=1S/C22H19N5O2/c1-16-9-11-17(12-10-16)15-23-22(28)20(14-19-8-5-13-29-19)27-21(24-25-26-27)18-6-3-2-4-7-18/h2-14H,15H2,1H3,(H,23,28)/b20-14-. The molecule has 0 bridgehead atoms. The first-order valence-electron chi connectivity index (χ1n) is 9.14. The lowest BCUT2D eigenvalue weighted by molar-refractivity contribution is -0.116. The number of rotatable bonds is 6. The molecule has 0 saturated heterocycles. The van der Waals surface area contributed by atoms with Gasteiger partial charge in [-0.15, -0.1) is 5.10 Å². The van der Waals surface area contributed by atoms with Crippen molar-refractivity contribution in [3.8, 4) is 11.4 Å². The maximum atomic E-state index is 13.1. The van der Waals surface area contributed by atoms with E-state index in [1.807, 2.05) is 61.5 Å². The number of aromatic nitrogens is 4. The van der Waals surface area contributed by atoms with Gasteiger partial charge in [0.05, 0.1) is 6.26 Å². The molecule has 0 spiro atoms. The molecule has 7 nitrogen and oxygen atoms in total. The number of hydrogen-bond acceptors (Lipinski definition) is 5. The normalized spacial score (nSPS) is 11.4. The Balaban J connectivity index is 1.65. The Bertz CT molecular complexity index is 1110. The minimum Gasteiger partial charge on any atom is -0.465 e. The topological polar surface area (TPSA) is 85.8 Å². The van der Waals surface area contributed by atoms with Crippen LogP contribution in [0.25, 0.3) is 23.2 Å². The summed E-state index contributed by atoms with van der Waals surface area (Å²) in [5, 5.41) is 14.8. The first-order valence-corrected chi connectivity index (χ1v) is 9.14. The van der Waals surface area contributed by atoms with Crippen molar-refractivity contribution >= 4 is 17.7 Å². The van der Waals surface area contributed by atoms with Crippen molar-refractivity contribution in [2.24, 2.45) is 0 Å². The van der Waals surface area contributed by atoms with Gasteiger partial charge in [0.1, 0.15) is 11.5 Å². The summed E-state index contributed by atoms with van der Waals surface area (Å²) >= 11 is 0. The summed E-state index contributed by atoms with van der Waals surface area (Å²) in [6, 6.07) is 21.0. The third-order valence-electron chi connectivity index (χ3n) is 4.36. The summed E-state index contributed by atoms with van der Waals surface area (Å²) in [5.41, 5.74) is 3.23. The summed E-state index contributed by atoms with van der Waals surface area (Å²) in [6.07, 6.45) is 3.17. The van der Waals surface area contributed by atoms with Crippen molar-refractivity contribution in [3.05, 3.63) is 89.9 Å². The first kappa shape index (κ1) is 18.4. The van der Waals surface area contributed by atoms with E-state index in [0.29, 0.717) is 18.1 Å². The van der Waals surface area contributed by atoms with Crippen LogP contribution >= 0.6 is 0 Å². The fourth-order valence-electron chi connectivity index (χ4n) is 2.83. The van der Waals surface area contributed by atoms with Crippen LogP contribution in [0.2, 0.25) is 0 Å². The first-order chi connectivity index (χ1) is 14.2. The Morgan fingerprint density at radius 3 is 2.59 bits per heavy atom. The van der Waals surface area contributed by atoms with Gasteiger partial charge in [0, 0.05) is 18.2 Å². The van der Waals surface area contributed by atoms with Gasteiger partial charge in [-0.05, 0) is 35.0 Å². The van der Waals surface area contributed by atoms with E-state index in [0.717, 1.165) is 11.1 Å². The Labute approximate surface area is 167 Å². The number of hydrogen-bond donors (Lipinski definition) is 1. The van der Waals surface area contributed by atoms with Crippen LogP contribution in [0.1, 0.15) is 16.9 Å². The van der Waals surface area contributed by atoms with Gasteiger partial charge in [-0.3, -0.25) is 4.79 Å². The maximum absolute atomic E-state index is 13.1. The zero-order valence-corrected chi connectivity index (χ0v) is 15.8. The van der Waals surface area contributed by atoms with Crippen LogP contribution in [0.5, 0.6) is 0 Å². The lowest BCUT2D eigenvalue weighted by atomic mass is 10.1. The number of aryl methyl sites for hydroxylation is 1. The lowest BCUT2D eigenvalue weighted by Crippen LogP contribution is -2.27. The van der Waals surface area contributed by atoms with E-state index < -0.39 is 0 Å². The summed E-state index contributed by atoms with van der Waals surface area (Å²) in [5.74, 6) is 0.681. The van der Waals surface area contributed by atoms with Gasteiger partial charge >= 0.3 is 0 Å². The Morgan fingerprint density at radius 2 is 1.86 bits per heavy atom. The molecule has 2 heterocycles. The SMILES string of the molecule is Cc1ccc(CNC(=O)/C(=C/c2ccco2)n2nnnc2-c2ccccc2)cc1. The van der Waals surface area contributed by atoms with Gasteiger partial charge in [0.25, 0.3) is 5.91 Å². The highest BCUT2D eigenvalue weighted by Gasteiger charge is 2.19. The third-order valence-corrected chi connectivity index (χ3v) is 4.36. The highest BCUT2D eigenvalue weighted by molar-refractivity contribution is 6.18. The van der Waals surface area contributed by atoms with Gasteiger partial charge in [-0.1, -0.05) is 60.2 Å². The maximum Gasteiger partial charge on any atom is 0.270 e. The molecule has 0 aliphatic carbocycles. The zero-order chi connectivity index (χ0) is 20.1. The highest BCUT2D eigenvalue weighted by Crippen LogP contribution is 2.20.